The first kappa shape index (κ1) is 15.1. The van der Waals surface area contributed by atoms with Gasteiger partial charge in [0, 0.05) is 41.6 Å². The molecule has 1 aromatic heterocycles. The fourth-order valence-electron chi connectivity index (χ4n) is 4.84. The van der Waals surface area contributed by atoms with Crippen molar-refractivity contribution in [3.8, 4) is 5.75 Å². The van der Waals surface area contributed by atoms with E-state index < -0.39 is 0 Å². The van der Waals surface area contributed by atoms with Crippen LogP contribution in [0.25, 0.3) is 10.9 Å². The molecule has 124 valence electrons. The Morgan fingerprint density at radius 1 is 1.35 bits per heavy atom. The second-order valence-corrected chi connectivity index (χ2v) is 7.58. The predicted octanol–water partition coefficient (Wildman–Crippen LogP) is 4.41. The number of nitrogens with zero attached hydrogens (tertiary/aromatic N) is 1. The van der Waals surface area contributed by atoms with Crippen LogP contribution in [0.5, 0.6) is 5.75 Å². The van der Waals surface area contributed by atoms with Gasteiger partial charge in [-0.3, -0.25) is 4.90 Å². The van der Waals surface area contributed by atoms with Crippen molar-refractivity contribution in [3.63, 3.8) is 0 Å². The molecule has 23 heavy (non-hydrogen) atoms. The molecule has 1 aromatic carbocycles. The number of H-pyrrole nitrogens is 1. The zero-order valence-corrected chi connectivity index (χ0v) is 14.3. The molecule has 3 nitrogen and oxygen atoms in total. The van der Waals surface area contributed by atoms with E-state index in [1.807, 2.05) is 12.1 Å². The number of piperidine rings is 1. The summed E-state index contributed by atoms with van der Waals surface area (Å²) >= 11 is 0. The lowest BCUT2D eigenvalue weighted by molar-refractivity contribution is 0.0984. The molecule has 0 amide bonds. The van der Waals surface area contributed by atoms with E-state index in [9.17, 15) is 5.11 Å². The SMILES string of the molecule is CCCCC1CC2c3[nH]c4ccc(O)cc4c3CCN(C1)C2C. The number of unbranched alkanes of at least 4 members (excludes halogenated alkanes) is 1. The van der Waals surface area contributed by atoms with Crippen LogP contribution in [-0.4, -0.2) is 34.1 Å². The van der Waals surface area contributed by atoms with E-state index in [-0.39, 0.29) is 0 Å². The number of rotatable bonds is 3. The van der Waals surface area contributed by atoms with Crippen molar-refractivity contribution in [2.24, 2.45) is 5.92 Å². The molecule has 2 aliphatic rings. The minimum Gasteiger partial charge on any atom is -0.508 e. The molecule has 4 rings (SSSR count). The largest absolute Gasteiger partial charge is 0.508 e. The van der Waals surface area contributed by atoms with Crippen molar-refractivity contribution in [3.05, 3.63) is 29.5 Å². The minimum atomic E-state index is 0.376. The van der Waals surface area contributed by atoms with Crippen LogP contribution < -0.4 is 0 Å². The summed E-state index contributed by atoms with van der Waals surface area (Å²) in [5.74, 6) is 1.82. The predicted molar refractivity (Wildman–Crippen MR) is 95.1 cm³/mol. The molecule has 3 heterocycles. The van der Waals surface area contributed by atoms with Gasteiger partial charge in [0.15, 0.2) is 0 Å². The molecular formula is C20H28N2O. The van der Waals surface area contributed by atoms with Gasteiger partial charge in [-0.2, -0.15) is 0 Å². The molecule has 0 radical (unpaired) electrons. The van der Waals surface area contributed by atoms with Crippen LogP contribution in [-0.2, 0) is 6.42 Å². The van der Waals surface area contributed by atoms with Crippen LogP contribution in [0.4, 0.5) is 0 Å². The molecule has 2 N–H and O–H groups in total. The van der Waals surface area contributed by atoms with Crippen molar-refractivity contribution in [2.75, 3.05) is 13.1 Å². The maximum Gasteiger partial charge on any atom is 0.116 e. The number of benzene rings is 1. The lowest BCUT2D eigenvalue weighted by Gasteiger charge is -2.42. The van der Waals surface area contributed by atoms with Gasteiger partial charge in [0.2, 0.25) is 0 Å². The summed E-state index contributed by atoms with van der Waals surface area (Å²) in [5.41, 5.74) is 4.08. The molecule has 0 aliphatic carbocycles. The number of aromatic hydroxyl groups is 1. The highest BCUT2D eigenvalue weighted by Gasteiger charge is 2.38. The third-order valence-electron chi connectivity index (χ3n) is 6.15. The summed E-state index contributed by atoms with van der Waals surface area (Å²) in [6.07, 6.45) is 6.43. The van der Waals surface area contributed by atoms with E-state index in [0.29, 0.717) is 17.7 Å². The highest BCUT2D eigenvalue weighted by Crippen LogP contribution is 2.42. The molecule has 0 saturated carbocycles. The van der Waals surface area contributed by atoms with E-state index in [1.165, 1.54) is 54.4 Å². The lowest BCUT2D eigenvalue weighted by atomic mass is 9.80. The van der Waals surface area contributed by atoms with Gasteiger partial charge in [0.1, 0.15) is 5.75 Å². The minimum absolute atomic E-state index is 0.376. The Kier molecular flexibility index (Phi) is 3.84. The van der Waals surface area contributed by atoms with Crippen LogP contribution in [0, 0.1) is 5.92 Å². The smallest absolute Gasteiger partial charge is 0.116 e. The van der Waals surface area contributed by atoms with Gasteiger partial charge >= 0.3 is 0 Å². The van der Waals surface area contributed by atoms with Crippen LogP contribution in [0.15, 0.2) is 18.2 Å². The van der Waals surface area contributed by atoms with Gasteiger partial charge in [-0.15, -0.1) is 0 Å². The maximum absolute atomic E-state index is 9.87. The number of hydrogen-bond acceptors (Lipinski definition) is 2. The van der Waals surface area contributed by atoms with Crippen molar-refractivity contribution in [2.45, 2.75) is 57.9 Å². The van der Waals surface area contributed by atoms with E-state index in [1.54, 1.807) is 6.07 Å². The number of fused-ring (bicyclic) bond motifs is 6. The zero-order chi connectivity index (χ0) is 16.0. The zero-order valence-electron chi connectivity index (χ0n) is 14.3. The second-order valence-electron chi connectivity index (χ2n) is 7.58. The summed E-state index contributed by atoms with van der Waals surface area (Å²) in [6.45, 7) is 7.11. The van der Waals surface area contributed by atoms with E-state index in [0.717, 1.165) is 18.9 Å². The van der Waals surface area contributed by atoms with Crippen molar-refractivity contribution >= 4 is 10.9 Å². The lowest BCUT2D eigenvalue weighted by Crippen LogP contribution is -2.45. The Labute approximate surface area is 138 Å². The Morgan fingerprint density at radius 2 is 2.22 bits per heavy atom. The number of aromatic nitrogens is 1. The number of hydrogen-bond donors (Lipinski definition) is 2. The quantitative estimate of drug-likeness (QED) is 0.881. The van der Waals surface area contributed by atoms with Gasteiger partial charge in [0.25, 0.3) is 0 Å². The van der Waals surface area contributed by atoms with Gasteiger partial charge in [-0.05, 0) is 55.9 Å². The average Bonchev–Trinajstić information content (AvgIpc) is 2.87. The van der Waals surface area contributed by atoms with Crippen LogP contribution >= 0.6 is 0 Å². The Balaban J connectivity index is 1.74. The summed E-state index contributed by atoms with van der Waals surface area (Å²) in [6, 6.07) is 6.38. The monoisotopic (exact) mass is 312 g/mol. The number of nitrogens with one attached hydrogen (secondary N) is 1. The number of phenols is 1. The summed E-state index contributed by atoms with van der Waals surface area (Å²) in [7, 11) is 0. The van der Waals surface area contributed by atoms with E-state index in [4.69, 9.17) is 0 Å². The van der Waals surface area contributed by atoms with Gasteiger partial charge in [0.05, 0.1) is 0 Å². The first-order valence-corrected chi connectivity index (χ1v) is 9.25. The highest BCUT2D eigenvalue weighted by atomic mass is 16.3. The van der Waals surface area contributed by atoms with E-state index >= 15 is 0 Å². The average molecular weight is 312 g/mol. The number of aromatic amines is 1. The Morgan fingerprint density at radius 3 is 3.04 bits per heavy atom. The van der Waals surface area contributed by atoms with Crippen molar-refractivity contribution < 1.29 is 5.11 Å². The molecule has 2 aromatic rings. The fraction of sp³-hybridized carbons (Fsp3) is 0.600. The topological polar surface area (TPSA) is 39.3 Å². The molecule has 2 bridgehead atoms. The third kappa shape index (κ3) is 2.55. The van der Waals surface area contributed by atoms with Crippen LogP contribution in [0.3, 0.4) is 0 Å². The number of phenolic OH excluding ortho intramolecular Hbond substituents is 1. The highest BCUT2D eigenvalue weighted by molar-refractivity contribution is 5.86. The Hall–Kier alpha value is -1.48. The molecule has 3 heteroatoms. The third-order valence-corrected chi connectivity index (χ3v) is 6.15. The van der Waals surface area contributed by atoms with Gasteiger partial charge in [-0.25, -0.2) is 0 Å². The van der Waals surface area contributed by atoms with Crippen molar-refractivity contribution in [1.29, 1.82) is 0 Å². The summed E-state index contributed by atoms with van der Waals surface area (Å²) < 4.78 is 0. The van der Waals surface area contributed by atoms with Crippen LogP contribution in [0.2, 0.25) is 0 Å². The maximum atomic E-state index is 9.87. The van der Waals surface area contributed by atoms with Crippen LogP contribution in [0.1, 0.15) is 56.7 Å². The second kappa shape index (κ2) is 5.86. The van der Waals surface area contributed by atoms with E-state index in [2.05, 4.69) is 23.7 Å². The molecule has 1 saturated heterocycles. The summed E-state index contributed by atoms with van der Waals surface area (Å²) in [5, 5.41) is 11.1. The normalized spacial score (nSPS) is 30.2. The molecular weight excluding hydrogens is 284 g/mol. The van der Waals surface area contributed by atoms with Gasteiger partial charge in [-0.1, -0.05) is 19.8 Å². The molecule has 1 fully saturated rings. The van der Waals surface area contributed by atoms with Crippen molar-refractivity contribution in [1.82, 2.24) is 9.88 Å². The molecule has 0 spiro atoms. The first-order chi connectivity index (χ1) is 11.2. The Bertz CT molecular complexity index is 705. The summed E-state index contributed by atoms with van der Waals surface area (Å²) in [4.78, 5) is 6.41. The van der Waals surface area contributed by atoms with Gasteiger partial charge < -0.3 is 10.1 Å². The molecule has 4 atom stereocenters. The molecule has 4 unspecified atom stereocenters. The first-order valence-electron chi connectivity index (χ1n) is 9.25. The fourth-order valence-corrected chi connectivity index (χ4v) is 4.84. The molecule has 2 aliphatic heterocycles. The standard InChI is InChI=1S/C20H28N2O/c1-3-4-5-14-10-17-13(2)22(12-14)9-8-16-18-11-15(23)6-7-19(18)21-20(16)17/h6-7,11,13-14,17,21,23H,3-5,8-10,12H2,1-2H3.